The number of hydrogen-bond donors (Lipinski definition) is 2. The van der Waals surface area contributed by atoms with Crippen LogP contribution in [0.25, 0.3) is 0 Å². The van der Waals surface area contributed by atoms with E-state index in [4.69, 9.17) is 5.73 Å². The number of halogens is 4. The summed E-state index contributed by atoms with van der Waals surface area (Å²) in [5.41, 5.74) is 5.96. The summed E-state index contributed by atoms with van der Waals surface area (Å²) in [6, 6.07) is 4.82. The molecule has 0 heterocycles. The summed E-state index contributed by atoms with van der Waals surface area (Å²) in [5, 5.41) is 2.26. The zero-order valence-electron chi connectivity index (χ0n) is 9.90. The second kappa shape index (κ2) is 4.79. The maximum Gasteiger partial charge on any atom is 0.185 e. The maximum absolute atomic E-state index is 13.5. The lowest BCUT2D eigenvalue weighted by atomic mass is 10.2. The maximum atomic E-state index is 13.5. The van der Waals surface area contributed by atoms with Gasteiger partial charge >= 0.3 is 0 Å². The molecule has 0 spiro atoms. The van der Waals surface area contributed by atoms with Crippen molar-refractivity contribution in [3.8, 4) is 0 Å². The summed E-state index contributed by atoms with van der Waals surface area (Å²) < 4.78 is 53.0. The Balaban J connectivity index is 2.49. The van der Waals surface area contributed by atoms with Gasteiger partial charge in [0.25, 0.3) is 0 Å². The van der Waals surface area contributed by atoms with E-state index in [0.29, 0.717) is 0 Å². The first-order valence-corrected chi connectivity index (χ1v) is 5.36. The Kier molecular flexibility index (Phi) is 3.33. The highest BCUT2D eigenvalue weighted by Gasteiger charge is 2.19. The number of hydrogen-bond acceptors (Lipinski definition) is 2. The predicted octanol–water partition coefficient (Wildman–Crippen LogP) is 3.88. The molecule has 19 heavy (non-hydrogen) atoms. The molecule has 2 nitrogen and oxygen atoms in total. The van der Waals surface area contributed by atoms with Crippen LogP contribution in [0.3, 0.4) is 0 Å². The van der Waals surface area contributed by atoms with Gasteiger partial charge in [0.05, 0.1) is 11.4 Å². The summed E-state index contributed by atoms with van der Waals surface area (Å²) in [6.07, 6.45) is 0. The average Bonchev–Trinajstić information content (AvgIpc) is 2.34. The van der Waals surface area contributed by atoms with E-state index in [1.54, 1.807) is 19.1 Å². The Morgan fingerprint density at radius 3 is 2.05 bits per heavy atom. The molecule has 6 heteroatoms. The average molecular weight is 270 g/mol. The van der Waals surface area contributed by atoms with Crippen molar-refractivity contribution in [2.75, 3.05) is 11.1 Å². The molecule has 0 bridgehead atoms. The minimum Gasteiger partial charge on any atom is -0.397 e. The van der Waals surface area contributed by atoms with Gasteiger partial charge in [0.15, 0.2) is 23.3 Å². The van der Waals surface area contributed by atoms with E-state index in [1.807, 2.05) is 0 Å². The van der Waals surface area contributed by atoms with Gasteiger partial charge in [-0.2, -0.15) is 0 Å². The van der Waals surface area contributed by atoms with Crippen LogP contribution >= 0.6 is 0 Å². The first-order valence-electron chi connectivity index (χ1n) is 5.36. The zero-order chi connectivity index (χ0) is 14.2. The number of aryl methyl sites for hydroxylation is 1. The van der Waals surface area contributed by atoms with Gasteiger partial charge in [0, 0.05) is 6.07 Å². The van der Waals surface area contributed by atoms with Crippen LogP contribution in [0.1, 0.15) is 5.56 Å². The topological polar surface area (TPSA) is 38.0 Å². The molecule has 0 aromatic heterocycles. The molecule has 0 unspecified atom stereocenters. The lowest BCUT2D eigenvalue weighted by Crippen LogP contribution is -2.04. The van der Waals surface area contributed by atoms with E-state index >= 15 is 0 Å². The van der Waals surface area contributed by atoms with Crippen molar-refractivity contribution in [2.24, 2.45) is 0 Å². The Labute approximate surface area is 106 Å². The Bertz CT molecular complexity index is 615. The standard InChI is InChI=1S/C13H10F4N2/c1-6-2-3-10(9(18)4-6)19-13-11(16)7(14)5-8(15)12(13)17/h2-5,19H,18H2,1H3. The largest absolute Gasteiger partial charge is 0.397 e. The molecule has 3 N–H and O–H groups in total. The van der Waals surface area contributed by atoms with Gasteiger partial charge in [-0.1, -0.05) is 6.07 Å². The van der Waals surface area contributed by atoms with Crippen molar-refractivity contribution < 1.29 is 17.6 Å². The van der Waals surface area contributed by atoms with Crippen LogP contribution in [0.15, 0.2) is 24.3 Å². The molecule has 0 atom stereocenters. The van der Waals surface area contributed by atoms with E-state index < -0.39 is 29.0 Å². The molecule has 0 saturated carbocycles. The Morgan fingerprint density at radius 2 is 1.53 bits per heavy atom. The van der Waals surface area contributed by atoms with Crippen LogP contribution < -0.4 is 11.1 Å². The quantitative estimate of drug-likeness (QED) is 0.494. The molecule has 0 aliphatic heterocycles. The van der Waals surface area contributed by atoms with Crippen LogP contribution in [0.4, 0.5) is 34.6 Å². The van der Waals surface area contributed by atoms with Crippen molar-refractivity contribution in [1.29, 1.82) is 0 Å². The van der Waals surface area contributed by atoms with Crippen molar-refractivity contribution >= 4 is 17.1 Å². The number of nitrogens with two attached hydrogens (primary N) is 1. The molecular formula is C13H10F4N2. The van der Waals surface area contributed by atoms with Crippen LogP contribution in [-0.2, 0) is 0 Å². The minimum absolute atomic E-state index is 0.147. The molecule has 2 aromatic carbocycles. The molecule has 2 rings (SSSR count). The number of nitrogen functional groups attached to an aromatic ring is 1. The highest BCUT2D eigenvalue weighted by atomic mass is 19.2. The van der Waals surface area contributed by atoms with Crippen LogP contribution in [-0.4, -0.2) is 0 Å². The molecular weight excluding hydrogens is 260 g/mol. The van der Waals surface area contributed by atoms with Gasteiger partial charge in [-0.25, -0.2) is 17.6 Å². The fourth-order valence-electron chi connectivity index (χ4n) is 1.61. The highest BCUT2D eigenvalue weighted by molar-refractivity contribution is 5.73. The Hall–Kier alpha value is -2.24. The van der Waals surface area contributed by atoms with Crippen molar-refractivity contribution in [3.05, 3.63) is 53.1 Å². The minimum atomic E-state index is -1.50. The molecule has 100 valence electrons. The Morgan fingerprint density at radius 1 is 0.947 bits per heavy atom. The fraction of sp³-hybridized carbons (Fsp3) is 0.0769. The van der Waals surface area contributed by atoms with Gasteiger partial charge in [0.1, 0.15) is 5.69 Å². The molecule has 0 aliphatic rings. The summed E-state index contributed by atoms with van der Waals surface area (Å²) in [6.45, 7) is 1.78. The van der Waals surface area contributed by atoms with E-state index in [2.05, 4.69) is 5.32 Å². The molecule has 0 radical (unpaired) electrons. The number of rotatable bonds is 2. The molecule has 0 fully saturated rings. The summed E-state index contributed by atoms with van der Waals surface area (Å²) in [5.74, 6) is -5.96. The van der Waals surface area contributed by atoms with Crippen LogP contribution in [0, 0.1) is 30.2 Å². The summed E-state index contributed by atoms with van der Waals surface area (Å²) in [4.78, 5) is 0. The second-order valence-electron chi connectivity index (χ2n) is 4.06. The molecule has 0 amide bonds. The highest BCUT2D eigenvalue weighted by Crippen LogP contribution is 2.30. The van der Waals surface area contributed by atoms with Crippen molar-refractivity contribution in [3.63, 3.8) is 0 Å². The van der Waals surface area contributed by atoms with E-state index in [1.165, 1.54) is 6.07 Å². The third-order valence-corrected chi connectivity index (χ3v) is 2.58. The second-order valence-corrected chi connectivity index (χ2v) is 4.06. The number of benzene rings is 2. The lowest BCUT2D eigenvalue weighted by molar-refractivity contribution is 0.459. The number of anilines is 3. The van der Waals surface area contributed by atoms with Gasteiger partial charge in [0.2, 0.25) is 0 Å². The summed E-state index contributed by atoms with van der Waals surface area (Å²) in [7, 11) is 0. The fourth-order valence-corrected chi connectivity index (χ4v) is 1.61. The smallest absolute Gasteiger partial charge is 0.185 e. The van der Waals surface area contributed by atoms with Gasteiger partial charge in [-0.3, -0.25) is 0 Å². The van der Waals surface area contributed by atoms with E-state index in [9.17, 15) is 17.6 Å². The van der Waals surface area contributed by atoms with Gasteiger partial charge in [-0.15, -0.1) is 0 Å². The van der Waals surface area contributed by atoms with Crippen LogP contribution in [0.5, 0.6) is 0 Å². The molecule has 2 aromatic rings. The van der Waals surface area contributed by atoms with E-state index in [-0.39, 0.29) is 17.4 Å². The first kappa shape index (κ1) is 13.2. The SMILES string of the molecule is Cc1ccc(Nc2c(F)c(F)cc(F)c2F)c(N)c1. The third-order valence-electron chi connectivity index (χ3n) is 2.58. The monoisotopic (exact) mass is 270 g/mol. The summed E-state index contributed by atoms with van der Waals surface area (Å²) >= 11 is 0. The molecule has 0 aliphatic carbocycles. The predicted molar refractivity (Wildman–Crippen MR) is 65.1 cm³/mol. The van der Waals surface area contributed by atoms with E-state index in [0.717, 1.165) is 5.56 Å². The normalized spacial score (nSPS) is 10.6. The third kappa shape index (κ3) is 2.47. The van der Waals surface area contributed by atoms with Crippen molar-refractivity contribution in [2.45, 2.75) is 6.92 Å². The van der Waals surface area contributed by atoms with Crippen molar-refractivity contribution in [1.82, 2.24) is 0 Å². The zero-order valence-corrected chi connectivity index (χ0v) is 9.90. The first-order chi connectivity index (χ1) is 8.90. The molecule has 0 saturated heterocycles. The van der Waals surface area contributed by atoms with Gasteiger partial charge in [-0.05, 0) is 24.6 Å². The lowest BCUT2D eigenvalue weighted by Gasteiger charge is -2.12. The van der Waals surface area contributed by atoms with Gasteiger partial charge < -0.3 is 11.1 Å². The number of nitrogens with one attached hydrogen (secondary N) is 1. The van der Waals surface area contributed by atoms with Crippen LogP contribution in [0.2, 0.25) is 0 Å².